The van der Waals surface area contributed by atoms with Gasteiger partial charge < -0.3 is 15.2 Å². The molecule has 1 aliphatic rings. The Bertz CT molecular complexity index is 726. The Morgan fingerprint density at radius 1 is 1.14 bits per heavy atom. The van der Waals surface area contributed by atoms with Crippen molar-refractivity contribution in [2.45, 2.75) is 76.9 Å². The summed E-state index contributed by atoms with van der Waals surface area (Å²) in [5.41, 5.74) is 1.88. The maximum Gasteiger partial charge on any atom is 0.119 e. The molecule has 0 amide bonds. The van der Waals surface area contributed by atoms with E-state index < -0.39 is 6.10 Å². The summed E-state index contributed by atoms with van der Waals surface area (Å²) in [6.07, 6.45) is 12.3. The van der Waals surface area contributed by atoms with Gasteiger partial charge in [-0.3, -0.25) is 4.98 Å². The number of methoxy groups -OCH3 is 1. The first kappa shape index (κ1) is 21.1. The van der Waals surface area contributed by atoms with Crippen LogP contribution in [0.25, 0.3) is 10.9 Å². The minimum absolute atomic E-state index is 0.443. The summed E-state index contributed by atoms with van der Waals surface area (Å²) in [7, 11) is 1.67. The van der Waals surface area contributed by atoms with Gasteiger partial charge in [-0.25, -0.2) is 0 Å². The summed E-state index contributed by atoms with van der Waals surface area (Å²) in [6.45, 7) is 3.41. The van der Waals surface area contributed by atoms with Crippen molar-refractivity contribution in [1.29, 1.82) is 0 Å². The Morgan fingerprint density at radius 3 is 2.71 bits per heavy atom. The minimum Gasteiger partial charge on any atom is -0.497 e. The summed E-state index contributed by atoms with van der Waals surface area (Å²) < 4.78 is 5.36. The molecule has 1 aromatic heterocycles. The van der Waals surface area contributed by atoms with E-state index in [1.54, 1.807) is 13.3 Å². The van der Waals surface area contributed by atoms with Gasteiger partial charge in [-0.1, -0.05) is 26.2 Å². The molecule has 28 heavy (non-hydrogen) atoms. The Kier molecular flexibility index (Phi) is 8.11. The van der Waals surface area contributed by atoms with E-state index in [0.717, 1.165) is 35.2 Å². The van der Waals surface area contributed by atoms with Crippen LogP contribution in [0.2, 0.25) is 0 Å². The van der Waals surface area contributed by atoms with Crippen LogP contribution in [0.4, 0.5) is 0 Å². The number of ether oxygens (including phenoxy) is 1. The van der Waals surface area contributed by atoms with Crippen molar-refractivity contribution < 1.29 is 9.84 Å². The number of fused-ring (bicyclic) bond motifs is 1. The molecule has 1 aliphatic carbocycles. The van der Waals surface area contributed by atoms with E-state index in [2.05, 4.69) is 17.2 Å². The lowest BCUT2D eigenvalue weighted by Gasteiger charge is -2.30. The van der Waals surface area contributed by atoms with Gasteiger partial charge >= 0.3 is 0 Å². The van der Waals surface area contributed by atoms with Crippen LogP contribution in [0.15, 0.2) is 30.5 Å². The number of unbranched alkanes of at least 4 members (excludes halogenated alkanes) is 3. The number of pyridine rings is 1. The molecule has 3 rings (SSSR count). The lowest BCUT2D eigenvalue weighted by molar-refractivity contribution is 0.127. The molecule has 0 unspecified atom stereocenters. The summed E-state index contributed by atoms with van der Waals surface area (Å²) >= 11 is 0. The molecule has 4 nitrogen and oxygen atoms in total. The van der Waals surface area contributed by atoms with Gasteiger partial charge in [0.25, 0.3) is 0 Å². The second-order valence-electron chi connectivity index (χ2n) is 8.27. The fourth-order valence-corrected chi connectivity index (χ4v) is 4.47. The second-order valence-corrected chi connectivity index (χ2v) is 8.27. The lowest BCUT2D eigenvalue weighted by Crippen LogP contribution is -2.34. The molecule has 1 atom stereocenters. The highest BCUT2D eigenvalue weighted by molar-refractivity contribution is 5.83. The van der Waals surface area contributed by atoms with Crippen molar-refractivity contribution in [3.05, 3.63) is 36.0 Å². The van der Waals surface area contributed by atoms with Crippen LogP contribution < -0.4 is 10.1 Å². The highest BCUT2D eigenvalue weighted by Crippen LogP contribution is 2.35. The normalized spacial score (nSPS) is 21.0. The summed E-state index contributed by atoms with van der Waals surface area (Å²) in [4.78, 5) is 4.43. The third-order valence-corrected chi connectivity index (χ3v) is 6.21. The Balaban J connectivity index is 1.51. The van der Waals surface area contributed by atoms with E-state index in [0.29, 0.717) is 12.0 Å². The van der Waals surface area contributed by atoms with Crippen molar-refractivity contribution >= 4 is 10.9 Å². The molecule has 0 radical (unpaired) electrons. The largest absolute Gasteiger partial charge is 0.497 e. The molecule has 0 bridgehead atoms. The maximum absolute atomic E-state index is 10.9. The molecule has 0 saturated heterocycles. The smallest absolute Gasteiger partial charge is 0.119 e. The highest BCUT2D eigenvalue weighted by Gasteiger charge is 2.24. The first-order valence-electron chi connectivity index (χ1n) is 11.0. The number of rotatable bonds is 10. The van der Waals surface area contributed by atoms with Crippen LogP contribution in [0.3, 0.4) is 0 Å². The van der Waals surface area contributed by atoms with Crippen LogP contribution in [0, 0.1) is 5.92 Å². The van der Waals surface area contributed by atoms with Crippen LogP contribution in [0.5, 0.6) is 5.75 Å². The average molecular weight is 385 g/mol. The van der Waals surface area contributed by atoms with Gasteiger partial charge in [-0.05, 0) is 80.8 Å². The molecule has 1 aromatic carbocycles. The van der Waals surface area contributed by atoms with E-state index >= 15 is 0 Å². The minimum atomic E-state index is -0.443. The van der Waals surface area contributed by atoms with Gasteiger partial charge in [-0.15, -0.1) is 0 Å². The predicted octanol–water partition coefficient (Wildman–Crippen LogP) is 5.40. The van der Waals surface area contributed by atoms with Crippen LogP contribution in [-0.2, 0) is 0 Å². The molecular weight excluding hydrogens is 348 g/mol. The number of benzene rings is 1. The molecule has 0 spiro atoms. The zero-order valence-corrected chi connectivity index (χ0v) is 17.5. The zero-order chi connectivity index (χ0) is 19.8. The van der Waals surface area contributed by atoms with Gasteiger partial charge in [0.1, 0.15) is 5.75 Å². The molecule has 2 aromatic rings. The van der Waals surface area contributed by atoms with E-state index in [-0.39, 0.29) is 0 Å². The highest BCUT2D eigenvalue weighted by atomic mass is 16.5. The van der Waals surface area contributed by atoms with E-state index in [9.17, 15) is 5.11 Å². The van der Waals surface area contributed by atoms with Crippen molar-refractivity contribution in [1.82, 2.24) is 10.3 Å². The van der Waals surface area contributed by atoms with E-state index in [4.69, 9.17) is 4.74 Å². The topological polar surface area (TPSA) is 54.4 Å². The molecular formula is C24H36N2O2. The maximum atomic E-state index is 10.9. The van der Waals surface area contributed by atoms with Crippen molar-refractivity contribution in [3.63, 3.8) is 0 Å². The van der Waals surface area contributed by atoms with Crippen LogP contribution in [-0.4, -0.2) is 29.8 Å². The van der Waals surface area contributed by atoms with Crippen molar-refractivity contribution in [3.8, 4) is 5.75 Å². The number of hydrogen-bond donors (Lipinski definition) is 2. The van der Waals surface area contributed by atoms with Crippen molar-refractivity contribution in [2.24, 2.45) is 5.92 Å². The number of aliphatic hydroxyl groups is 1. The monoisotopic (exact) mass is 384 g/mol. The Morgan fingerprint density at radius 2 is 1.96 bits per heavy atom. The second kappa shape index (κ2) is 10.8. The standard InChI is InChI=1S/C24H36N2O2/c1-3-4-5-6-14-25-19-9-7-18(8-10-19)16-24(27)21-13-15-26-23-12-11-20(28-2)17-22(21)23/h11-13,15,17-19,24-25,27H,3-10,14,16H2,1-2H3/t18?,19?,24-/m0/s1. The fourth-order valence-electron chi connectivity index (χ4n) is 4.47. The fraction of sp³-hybridized carbons (Fsp3) is 0.625. The van der Waals surface area contributed by atoms with Gasteiger partial charge in [0, 0.05) is 17.6 Å². The quantitative estimate of drug-likeness (QED) is 0.539. The van der Waals surface area contributed by atoms with E-state index in [1.165, 1.54) is 51.4 Å². The number of nitrogens with zero attached hydrogens (tertiary/aromatic N) is 1. The third-order valence-electron chi connectivity index (χ3n) is 6.21. The lowest BCUT2D eigenvalue weighted by atomic mass is 9.81. The predicted molar refractivity (Wildman–Crippen MR) is 116 cm³/mol. The summed E-state index contributed by atoms with van der Waals surface area (Å²) in [6, 6.07) is 8.49. The van der Waals surface area contributed by atoms with Gasteiger partial charge in [0.15, 0.2) is 0 Å². The molecule has 2 N–H and O–H groups in total. The Hall–Kier alpha value is -1.65. The van der Waals surface area contributed by atoms with Crippen molar-refractivity contribution in [2.75, 3.05) is 13.7 Å². The number of hydrogen-bond acceptors (Lipinski definition) is 4. The van der Waals surface area contributed by atoms with Crippen LogP contribution >= 0.6 is 0 Å². The molecule has 1 saturated carbocycles. The number of aliphatic hydroxyl groups excluding tert-OH is 1. The third kappa shape index (κ3) is 5.68. The SMILES string of the molecule is CCCCCCNC1CCC(C[C@H](O)c2ccnc3ccc(OC)cc23)CC1. The molecule has 154 valence electrons. The summed E-state index contributed by atoms with van der Waals surface area (Å²) in [5.74, 6) is 1.40. The van der Waals surface area contributed by atoms with Gasteiger partial charge in [0.05, 0.1) is 18.7 Å². The molecule has 1 fully saturated rings. The number of nitrogens with one attached hydrogen (secondary N) is 1. The molecule has 4 heteroatoms. The summed E-state index contributed by atoms with van der Waals surface area (Å²) in [5, 5.41) is 15.7. The van der Waals surface area contributed by atoms with Gasteiger partial charge in [-0.2, -0.15) is 0 Å². The first-order valence-corrected chi connectivity index (χ1v) is 11.0. The average Bonchev–Trinajstić information content (AvgIpc) is 2.73. The Labute approximate surface area is 169 Å². The molecule has 0 aliphatic heterocycles. The number of aromatic nitrogens is 1. The zero-order valence-electron chi connectivity index (χ0n) is 17.5. The first-order chi connectivity index (χ1) is 13.7. The van der Waals surface area contributed by atoms with Crippen LogP contribution in [0.1, 0.15) is 76.4 Å². The van der Waals surface area contributed by atoms with E-state index in [1.807, 2.05) is 24.3 Å². The van der Waals surface area contributed by atoms with Gasteiger partial charge in [0.2, 0.25) is 0 Å². The molecule has 1 heterocycles.